The Balaban J connectivity index is 2.89. The maximum absolute atomic E-state index is 5.72. The minimum atomic E-state index is 0.373. The second kappa shape index (κ2) is 4.28. The summed E-state index contributed by atoms with van der Waals surface area (Å²) in [6.45, 7) is 0.514. The van der Waals surface area contributed by atoms with E-state index in [0.717, 1.165) is 5.56 Å². The fourth-order valence-corrected chi connectivity index (χ4v) is 1.04. The maximum Gasteiger partial charge on any atom is 0.171 e. The fraction of sp³-hybridized carbons (Fsp3) is 0.375. The summed E-state index contributed by atoms with van der Waals surface area (Å²) in [6, 6.07) is 1.80. The Bertz CT molecular complexity index is 265. The molecule has 12 heavy (non-hydrogen) atoms. The van der Waals surface area contributed by atoms with E-state index in [9.17, 15) is 0 Å². The quantitative estimate of drug-likeness (QED) is 0.678. The highest BCUT2D eigenvalue weighted by molar-refractivity contribution is 6.30. The van der Waals surface area contributed by atoms with Crippen molar-refractivity contribution in [3.8, 4) is 5.75 Å². The lowest BCUT2D eigenvalue weighted by Gasteiger charge is -2.04. The van der Waals surface area contributed by atoms with E-state index in [-0.39, 0.29) is 0 Å². The maximum atomic E-state index is 5.72. The van der Waals surface area contributed by atoms with Crippen molar-refractivity contribution in [2.75, 3.05) is 14.2 Å². The third kappa shape index (κ3) is 2.09. The SMILES string of the molecule is COCc1cnc(Cl)c(OC)c1. The van der Waals surface area contributed by atoms with Crippen LogP contribution in [0.3, 0.4) is 0 Å². The van der Waals surface area contributed by atoms with Crippen LogP contribution < -0.4 is 4.74 Å². The Morgan fingerprint density at radius 3 is 2.83 bits per heavy atom. The standard InChI is InChI=1S/C8H10ClNO2/c1-11-5-6-3-7(12-2)8(9)10-4-6/h3-4H,5H2,1-2H3. The van der Waals surface area contributed by atoms with E-state index in [1.807, 2.05) is 0 Å². The third-order valence-corrected chi connectivity index (χ3v) is 1.68. The van der Waals surface area contributed by atoms with Crippen LogP contribution in [0, 0.1) is 0 Å². The molecule has 0 radical (unpaired) electrons. The predicted octanol–water partition coefficient (Wildman–Crippen LogP) is 1.89. The highest BCUT2D eigenvalue weighted by Gasteiger charge is 2.02. The van der Waals surface area contributed by atoms with Gasteiger partial charge in [0.25, 0.3) is 0 Å². The highest BCUT2D eigenvalue weighted by atomic mass is 35.5. The van der Waals surface area contributed by atoms with Crippen LogP contribution >= 0.6 is 11.6 Å². The Hall–Kier alpha value is -0.800. The third-order valence-electron chi connectivity index (χ3n) is 1.39. The lowest BCUT2D eigenvalue weighted by molar-refractivity contribution is 0.184. The number of pyridine rings is 1. The average molecular weight is 188 g/mol. The molecule has 1 aromatic rings. The van der Waals surface area contributed by atoms with Crippen molar-refractivity contribution >= 4 is 11.6 Å². The van der Waals surface area contributed by atoms with Crippen LogP contribution in [-0.2, 0) is 11.3 Å². The monoisotopic (exact) mass is 187 g/mol. The first-order valence-corrected chi connectivity index (χ1v) is 3.83. The molecule has 0 aromatic carbocycles. The Morgan fingerprint density at radius 1 is 1.50 bits per heavy atom. The molecule has 1 aromatic heterocycles. The smallest absolute Gasteiger partial charge is 0.171 e. The summed E-state index contributed by atoms with van der Waals surface area (Å²) in [5.41, 5.74) is 0.943. The van der Waals surface area contributed by atoms with Gasteiger partial charge in [0.2, 0.25) is 0 Å². The van der Waals surface area contributed by atoms with E-state index in [1.54, 1.807) is 26.5 Å². The number of halogens is 1. The molecule has 0 aliphatic rings. The van der Waals surface area contributed by atoms with Crippen molar-refractivity contribution in [1.82, 2.24) is 4.98 Å². The average Bonchev–Trinajstić information content (AvgIpc) is 2.09. The molecule has 0 bridgehead atoms. The first-order valence-electron chi connectivity index (χ1n) is 3.45. The van der Waals surface area contributed by atoms with Gasteiger partial charge < -0.3 is 9.47 Å². The molecule has 3 nitrogen and oxygen atoms in total. The number of rotatable bonds is 3. The fourth-order valence-electron chi connectivity index (χ4n) is 0.857. The summed E-state index contributed by atoms with van der Waals surface area (Å²) >= 11 is 5.72. The van der Waals surface area contributed by atoms with Gasteiger partial charge >= 0.3 is 0 Å². The minimum Gasteiger partial charge on any atom is -0.494 e. The second-order valence-electron chi connectivity index (χ2n) is 2.27. The van der Waals surface area contributed by atoms with Gasteiger partial charge in [-0.1, -0.05) is 11.6 Å². The summed E-state index contributed by atoms with van der Waals surface area (Å²) in [6.07, 6.45) is 1.66. The van der Waals surface area contributed by atoms with Crippen LogP contribution in [-0.4, -0.2) is 19.2 Å². The van der Waals surface area contributed by atoms with E-state index in [0.29, 0.717) is 17.5 Å². The van der Waals surface area contributed by atoms with Gasteiger partial charge in [-0.15, -0.1) is 0 Å². The van der Waals surface area contributed by atoms with Gasteiger partial charge in [-0.05, 0) is 11.6 Å². The number of hydrogen-bond acceptors (Lipinski definition) is 3. The van der Waals surface area contributed by atoms with Gasteiger partial charge in [0.1, 0.15) is 0 Å². The molecule has 0 atom stereocenters. The number of aromatic nitrogens is 1. The van der Waals surface area contributed by atoms with E-state index in [4.69, 9.17) is 21.1 Å². The summed E-state index contributed by atoms with van der Waals surface area (Å²) < 4.78 is 9.91. The van der Waals surface area contributed by atoms with Crippen molar-refractivity contribution < 1.29 is 9.47 Å². The van der Waals surface area contributed by atoms with Gasteiger partial charge in [0, 0.05) is 13.3 Å². The molecule has 4 heteroatoms. The Labute approximate surface area is 76.3 Å². The molecule has 1 rings (SSSR count). The molecule has 0 spiro atoms. The zero-order valence-electron chi connectivity index (χ0n) is 7.00. The first-order chi connectivity index (χ1) is 5.77. The summed E-state index contributed by atoms with van der Waals surface area (Å²) in [4.78, 5) is 3.93. The first kappa shape index (κ1) is 9.29. The lowest BCUT2D eigenvalue weighted by Crippen LogP contribution is -1.92. The van der Waals surface area contributed by atoms with Crippen LogP contribution in [0.15, 0.2) is 12.3 Å². The topological polar surface area (TPSA) is 31.4 Å². The van der Waals surface area contributed by atoms with Crippen LogP contribution in [0.1, 0.15) is 5.56 Å². The van der Waals surface area contributed by atoms with Gasteiger partial charge in [0.15, 0.2) is 10.9 Å². The van der Waals surface area contributed by atoms with Crippen LogP contribution in [0.5, 0.6) is 5.75 Å². The number of ether oxygens (including phenoxy) is 2. The van der Waals surface area contributed by atoms with Gasteiger partial charge in [-0.3, -0.25) is 0 Å². The summed E-state index contributed by atoms with van der Waals surface area (Å²) in [5, 5.41) is 0.373. The van der Waals surface area contributed by atoms with Crippen molar-refractivity contribution in [2.45, 2.75) is 6.61 Å². The lowest BCUT2D eigenvalue weighted by atomic mass is 10.3. The van der Waals surface area contributed by atoms with Crippen molar-refractivity contribution in [3.63, 3.8) is 0 Å². The van der Waals surface area contributed by atoms with E-state index in [2.05, 4.69) is 4.98 Å². The van der Waals surface area contributed by atoms with Gasteiger partial charge in [-0.25, -0.2) is 4.98 Å². The highest BCUT2D eigenvalue weighted by Crippen LogP contribution is 2.22. The summed E-state index contributed by atoms with van der Waals surface area (Å²) in [7, 11) is 3.18. The largest absolute Gasteiger partial charge is 0.494 e. The minimum absolute atomic E-state index is 0.373. The number of nitrogens with zero attached hydrogens (tertiary/aromatic N) is 1. The van der Waals surface area contributed by atoms with Crippen molar-refractivity contribution in [1.29, 1.82) is 0 Å². The van der Waals surface area contributed by atoms with Crippen LogP contribution in [0.25, 0.3) is 0 Å². The molecule has 0 saturated carbocycles. The second-order valence-corrected chi connectivity index (χ2v) is 2.63. The molecule has 66 valence electrons. The van der Waals surface area contributed by atoms with E-state index in [1.165, 1.54) is 0 Å². The zero-order valence-corrected chi connectivity index (χ0v) is 7.76. The zero-order chi connectivity index (χ0) is 8.97. The van der Waals surface area contributed by atoms with Crippen LogP contribution in [0.4, 0.5) is 0 Å². The molecule has 0 amide bonds. The van der Waals surface area contributed by atoms with Crippen LogP contribution in [0.2, 0.25) is 5.15 Å². The van der Waals surface area contributed by atoms with Gasteiger partial charge in [-0.2, -0.15) is 0 Å². The molecule has 0 saturated heterocycles. The predicted molar refractivity (Wildman–Crippen MR) is 46.5 cm³/mol. The molecular formula is C8H10ClNO2. The normalized spacial score (nSPS) is 9.92. The van der Waals surface area contributed by atoms with Gasteiger partial charge in [0.05, 0.1) is 13.7 Å². The Morgan fingerprint density at radius 2 is 2.25 bits per heavy atom. The van der Waals surface area contributed by atoms with Crippen molar-refractivity contribution in [3.05, 3.63) is 23.0 Å². The molecule has 0 N–H and O–H groups in total. The number of methoxy groups -OCH3 is 2. The number of hydrogen-bond donors (Lipinski definition) is 0. The van der Waals surface area contributed by atoms with E-state index >= 15 is 0 Å². The molecule has 0 aliphatic carbocycles. The Kier molecular flexibility index (Phi) is 3.31. The molecule has 0 unspecified atom stereocenters. The molecular weight excluding hydrogens is 178 g/mol. The van der Waals surface area contributed by atoms with Crippen molar-refractivity contribution in [2.24, 2.45) is 0 Å². The molecule has 0 aliphatic heterocycles. The van der Waals surface area contributed by atoms with E-state index < -0.39 is 0 Å². The molecule has 1 heterocycles. The summed E-state index contributed by atoms with van der Waals surface area (Å²) in [5.74, 6) is 0.575. The molecule has 0 fully saturated rings.